The number of carbonyl (C=O) groups excluding carboxylic acids is 3. The number of nitrogens with one attached hydrogen (secondary N) is 1. The van der Waals surface area contributed by atoms with Crippen molar-refractivity contribution in [3.8, 4) is 11.5 Å². The Morgan fingerprint density at radius 3 is 2.21 bits per heavy atom. The Balaban J connectivity index is 1.75. The second-order valence-electron chi connectivity index (χ2n) is 5.45. The largest absolute Gasteiger partial charge is 0.493 e. The molecule has 0 spiro atoms. The Bertz CT molecular complexity index is 818. The van der Waals surface area contributed by atoms with Crippen LogP contribution in [0.3, 0.4) is 0 Å². The van der Waals surface area contributed by atoms with Gasteiger partial charge in [-0.05, 0) is 43.3 Å². The quantitative estimate of drug-likeness (QED) is 0.660. The Labute approximate surface area is 162 Å². The lowest BCUT2D eigenvalue weighted by Gasteiger charge is -2.10. The second kappa shape index (κ2) is 10.6. The van der Waals surface area contributed by atoms with Crippen LogP contribution in [0.2, 0.25) is 0 Å². The number of amides is 1. The molecule has 148 valence electrons. The number of rotatable bonds is 9. The van der Waals surface area contributed by atoms with Crippen LogP contribution in [0.5, 0.6) is 11.5 Å². The van der Waals surface area contributed by atoms with E-state index in [1.807, 2.05) is 0 Å². The predicted octanol–water partition coefficient (Wildman–Crippen LogP) is 2.43. The van der Waals surface area contributed by atoms with E-state index in [4.69, 9.17) is 18.9 Å². The standard InChI is InChI=1S/C20H21NO7/c1-3-26-20(24)14-8-10-15(11-9-14)21-18(22)12-28-19(23)13-27-17-7-5-4-6-16(17)25-2/h4-11H,3,12-13H2,1-2H3,(H,21,22). The van der Waals surface area contributed by atoms with Crippen molar-refractivity contribution >= 4 is 23.5 Å². The first kappa shape index (κ1) is 20.8. The first-order valence-electron chi connectivity index (χ1n) is 8.52. The molecule has 0 bridgehead atoms. The highest BCUT2D eigenvalue weighted by Gasteiger charge is 2.11. The minimum atomic E-state index is -0.696. The molecular weight excluding hydrogens is 366 g/mol. The van der Waals surface area contributed by atoms with Crippen LogP contribution in [0.15, 0.2) is 48.5 Å². The molecule has 0 radical (unpaired) electrons. The van der Waals surface area contributed by atoms with Gasteiger partial charge in [0.2, 0.25) is 0 Å². The average Bonchev–Trinajstić information content (AvgIpc) is 2.71. The second-order valence-corrected chi connectivity index (χ2v) is 5.45. The van der Waals surface area contributed by atoms with E-state index in [0.29, 0.717) is 22.7 Å². The van der Waals surface area contributed by atoms with Gasteiger partial charge in [0.15, 0.2) is 24.7 Å². The number of hydrogen-bond acceptors (Lipinski definition) is 7. The van der Waals surface area contributed by atoms with Gasteiger partial charge in [0.1, 0.15) is 0 Å². The lowest BCUT2D eigenvalue weighted by atomic mass is 10.2. The molecule has 0 saturated carbocycles. The van der Waals surface area contributed by atoms with Crippen LogP contribution >= 0.6 is 0 Å². The van der Waals surface area contributed by atoms with Gasteiger partial charge < -0.3 is 24.3 Å². The van der Waals surface area contributed by atoms with Crippen LogP contribution in [0.25, 0.3) is 0 Å². The minimum Gasteiger partial charge on any atom is -0.493 e. The first-order chi connectivity index (χ1) is 13.5. The van der Waals surface area contributed by atoms with Gasteiger partial charge >= 0.3 is 11.9 Å². The summed E-state index contributed by atoms with van der Waals surface area (Å²) < 4.78 is 20.2. The topological polar surface area (TPSA) is 100 Å². The summed E-state index contributed by atoms with van der Waals surface area (Å²) in [5, 5.41) is 2.56. The van der Waals surface area contributed by atoms with Gasteiger partial charge in [0.25, 0.3) is 5.91 Å². The zero-order chi connectivity index (χ0) is 20.4. The monoisotopic (exact) mass is 387 g/mol. The number of anilines is 1. The number of para-hydroxylation sites is 2. The van der Waals surface area contributed by atoms with Crippen LogP contribution in [0, 0.1) is 0 Å². The third-order valence-corrected chi connectivity index (χ3v) is 3.46. The SMILES string of the molecule is CCOC(=O)c1ccc(NC(=O)COC(=O)COc2ccccc2OC)cc1. The molecule has 28 heavy (non-hydrogen) atoms. The van der Waals surface area contributed by atoms with Gasteiger partial charge in [-0.1, -0.05) is 12.1 Å². The molecule has 8 heteroatoms. The van der Waals surface area contributed by atoms with Gasteiger partial charge in [0.05, 0.1) is 19.3 Å². The summed E-state index contributed by atoms with van der Waals surface area (Å²) in [7, 11) is 1.49. The smallest absolute Gasteiger partial charge is 0.344 e. The molecule has 0 aliphatic rings. The van der Waals surface area contributed by atoms with Crippen molar-refractivity contribution in [2.45, 2.75) is 6.92 Å². The van der Waals surface area contributed by atoms with Crippen molar-refractivity contribution in [3.05, 3.63) is 54.1 Å². The Morgan fingerprint density at radius 1 is 0.893 bits per heavy atom. The maximum atomic E-state index is 11.9. The van der Waals surface area contributed by atoms with Gasteiger partial charge in [-0.25, -0.2) is 9.59 Å². The molecule has 0 aromatic heterocycles. The van der Waals surface area contributed by atoms with Crippen LogP contribution in [-0.4, -0.2) is 44.8 Å². The highest BCUT2D eigenvalue weighted by molar-refractivity contribution is 5.94. The van der Waals surface area contributed by atoms with E-state index in [9.17, 15) is 14.4 Å². The Kier molecular flexibility index (Phi) is 7.83. The number of esters is 2. The highest BCUT2D eigenvalue weighted by atomic mass is 16.6. The molecule has 2 aromatic rings. The molecule has 0 aliphatic heterocycles. The molecule has 8 nitrogen and oxygen atoms in total. The third-order valence-electron chi connectivity index (χ3n) is 3.46. The van der Waals surface area contributed by atoms with Crippen LogP contribution in [0.1, 0.15) is 17.3 Å². The van der Waals surface area contributed by atoms with Crippen molar-refractivity contribution in [1.82, 2.24) is 0 Å². The fourth-order valence-corrected chi connectivity index (χ4v) is 2.16. The maximum absolute atomic E-state index is 11.9. The third kappa shape index (κ3) is 6.31. The van der Waals surface area contributed by atoms with Gasteiger partial charge in [-0.2, -0.15) is 0 Å². The predicted molar refractivity (Wildman–Crippen MR) is 100 cm³/mol. The first-order valence-corrected chi connectivity index (χ1v) is 8.52. The fourth-order valence-electron chi connectivity index (χ4n) is 2.16. The van der Waals surface area contributed by atoms with Gasteiger partial charge in [-0.15, -0.1) is 0 Å². The summed E-state index contributed by atoms with van der Waals surface area (Å²) in [5.74, 6) is -0.773. The van der Waals surface area contributed by atoms with E-state index in [2.05, 4.69) is 5.32 Å². The molecule has 0 heterocycles. The van der Waals surface area contributed by atoms with E-state index in [-0.39, 0.29) is 13.2 Å². The summed E-state index contributed by atoms with van der Waals surface area (Å²) in [6, 6.07) is 13.0. The van der Waals surface area contributed by atoms with Gasteiger partial charge in [-0.3, -0.25) is 4.79 Å². The summed E-state index contributed by atoms with van der Waals surface area (Å²) >= 11 is 0. The lowest BCUT2D eigenvalue weighted by molar-refractivity contribution is -0.149. The normalized spacial score (nSPS) is 9.93. The van der Waals surface area contributed by atoms with Gasteiger partial charge in [0, 0.05) is 5.69 Å². The number of hydrogen-bond donors (Lipinski definition) is 1. The number of ether oxygens (including phenoxy) is 4. The van der Waals surface area contributed by atoms with E-state index in [1.165, 1.54) is 19.2 Å². The van der Waals surface area contributed by atoms with E-state index in [0.717, 1.165) is 0 Å². The molecule has 2 rings (SSSR count). The van der Waals surface area contributed by atoms with E-state index in [1.54, 1.807) is 43.3 Å². The minimum absolute atomic E-state index is 0.281. The molecule has 0 atom stereocenters. The maximum Gasteiger partial charge on any atom is 0.344 e. The van der Waals surface area contributed by atoms with Crippen LogP contribution in [0.4, 0.5) is 5.69 Å². The number of benzene rings is 2. The van der Waals surface area contributed by atoms with Crippen molar-refractivity contribution < 1.29 is 33.3 Å². The molecule has 1 amide bonds. The molecule has 1 N–H and O–H groups in total. The Hall–Kier alpha value is -3.55. The number of methoxy groups -OCH3 is 1. The lowest BCUT2D eigenvalue weighted by Crippen LogP contribution is -2.23. The highest BCUT2D eigenvalue weighted by Crippen LogP contribution is 2.25. The summed E-state index contributed by atoms with van der Waals surface area (Å²) in [5.41, 5.74) is 0.833. The molecule has 0 unspecified atom stereocenters. The van der Waals surface area contributed by atoms with E-state index < -0.39 is 24.5 Å². The molecule has 2 aromatic carbocycles. The molecule has 0 fully saturated rings. The Morgan fingerprint density at radius 2 is 1.57 bits per heavy atom. The zero-order valence-corrected chi connectivity index (χ0v) is 15.6. The molecular formula is C20H21NO7. The number of carbonyl (C=O) groups is 3. The summed E-state index contributed by atoms with van der Waals surface area (Å²) in [4.78, 5) is 35.2. The molecule has 0 saturated heterocycles. The van der Waals surface area contributed by atoms with Crippen molar-refractivity contribution in [3.63, 3.8) is 0 Å². The van der Waals surface area contributed by atoms with Crippen molar-refractivity contribution in [1.29, 1.82) is 0 Å². The summed E-state index contributed by atoms with van der Waals surface area (Å²) in [6.45, 7) is 1.17. The van der Waals surface area contributed by atoms with Crippen molar-refractivity contribution in [2.24, 2.45) is 0 Å². The molecule has 0 aliphatic carbocycles. The average molecular weight is 387 g/mol. The van der Waals surface area contributed by atoms with E-state index >= 15 is 0 Å². The van der Waals surface area contributed by atoms with Crippen molar-refractivity contribution in [2.75, 3.05) is 32.2 Å². The fraction of sp³-hybridized carbons (Fsp3) is 0.250. The van der Waals surface area contributed by atoms with Crippen LogP contribution < -0.4 is 14.8 Å². The zero-order valence-electron chi connectivity index (χ0n) is 15.6. The van der Waals surface area contributed by atoms with Crippen LogP contribution in [-0.2, 0) is 19.1 Å². The summed E-state index contributed by atoms with van der Waals surface area (Å²) in [6.07, 6.45) is 0.